The van der Waals surface area contributed by atoms with Crippen LogP contribution in [0.4, 0.5) is 0 Å². The molecular formula is C14H20N2O3. The number of benzene rings is 1. The summed E-state index contributed by atoms with van der Waals surface area (Å²) in [6.07, 6.45) is 0. The summed E-state index contributed by atoms with van der Waals surface area (Å²) in [6, 6.07) is 3.03. The number of hydrogen-bond acceptors (Lipinski definition) is 3. The molecule has 0 radical (unpaired) electrons. The predicted octanol–water partition coefficient (Wildman–Crippen LogP) is 0.842. The van der Waals surface area contributed by atoms with Crippen LogP contribution in [0.1, 0.15) is 27.0 Å². The second kappa shape index (κ2) is 6.33. The summed E-state index contributed by atoms with van der Waals surface area (Å²) in [7, 11) is 1.45. The van der Waals surface area contributed by atoms with Gasteiger partial charge in [-0.05, 0) is 31.9 Å². The molecule has 5 nitrogen and oxygen atoms in total. The van der Waals surface area contributed by atoms with Crippen molar-refractivity contribution in [2.45, 2.75) is 26.8 Å². The Morgan fingerprint density at radius 3 is 2.21 bits per heavy atom. The van der Waals surface area contributed by atoms with Gasteiger partial charge in [0.1, 0.15) is 6.04 Å². The molecule has 1 aromatic carbocycles. The number of primary amides is 1. The Hall–Kier alpha value is -1.88. The van der Waals surface area contributed by atoms with Crippen LogP contribution in [-0.4, -0.2) is 31.6 Å². The molecule has 0 unspecified atom stereocenters. The highest BCUT2D eigenvalue weighted by atomic mass is 16.5. The maximum absolute atomic E-state index is 12.2. The topological polar surface area (TPSA) is 81.4 Å². The molecule has 104 valence electrons. The number of amides is 2. The van der Waals surface area contributed by atoms with Crippen molar-refractivity contribution in [1.82, 2.24) is 5.32 Å². The van der Waals surface area contributed by atoms with Crippen LogP contribution in [-0.2, 0) is 9.53 Å². The van der Waals surface area contributed by atoms with Gasteiger partial charge < -0.3 is 15.8 Å². The van der Waals surface area contributed by atoms with Crippen LogP contribution >= 0.6 is 0 Å². The van der Waals surface area contributed by atoms with E-state index in [0.717, 1.165) is 16.7 Å². The first kappa shape index (κ1) is 15.2. The molecule has 3 N–H and O–H groups in total. The molecule has 1 atom stereocenters. The number of ether oxygens (including phenoxy) is 1. The zero-order chi connectivity index (χ0) is 14.6. The molecule has 0 heterocycles. The summed E-state index contributed by atoms with van der Waals surface area (Å²) >= 11 is 0. The number of carbonyl (C=O) groups excluding carboxylic acids is 2. The van der Waals surface area contributed by atoms with Crippen LogP contribution in [0, 0.1) is 20.8 Å². The molecule has 0 aliphatic rings. The molecular weight excluding hydrogens is 244 g/mol. The van der Waals surface area contributed by atoms with Gasteiger partial charge in [0.25, 0.3) is 5.91 Å². The zero-order valence-electron chi connectivity index (χ0n) is 11.7. The Kier molecular flexibility index (Phi) is 5.06. The molecule has 5 heteroatoms. The normalized spacial score (nSPS) is 12.0. The van der Waals surface area contributed by atoms with E-state index in [0.29, 0.717) is 5.56 Å². The van der Waals surface area contributed by atoms with Crippen molar-refractivity contribution >= 4 is 11.8 Å². The van der Waals surface area contributed by atoms with Gasteiger partial charge >= 0.3 is 0 Å². The van der Waals surface area contributed by atoms with Gasteiger partial charge in [-0.3, -0.25) is 9.59 Å². The van der Waals surface area contributed by atoms with E-state index < -0.39 is 11.9 Å². The highest BCUT2D eigenvalue weighted by Crippen LogP contribution is 2.16. The number of hydrogen-bond donors (Lipinski definition) is 2. The number of methoxy groups -OCH3 is 1. The third kappa shape index (κ3) is 3.79. The van der Waals surface area contributed by atoms with Crippen molar-refractivity contribution in [2.24, 2.45) is 5.73 Å². The van der Waals surface area contributed by atoms with Crippen LogP contribution in [0.2, 0.25) is 0 Å². The van der Waals surface area contributed by atoms with Gasteiger partial charge in [-0.1, -0.05) is 17.7 Å². The van der Waals surface area contributed by atoms with Gasteiger partial charge in [0, 0.05) is 12.7 Å². The fourth-order valence-corrected chi connectivity index (χ4v) is 2.13. The number of carbonyl (C=O) groups is 2. The minimum atomic E-state index is -0.822. The number of nitrogens with one attached hydrogen (secondary N) is 1. The minimum Gasteiger partial charge on any atom is -0.382 e. The van der Waals surface area contributed by atoms with Crippen molar-refractivity contribution in [2.75, 3.05) is 13.7 Å². The van der Waals surface area contributed by atoms with Gasteiger partial charge in [-0.25, -0.2) is 0 Å². The lowest BCUT2D eigenvalue weighted by Gasteiger charge is -2.17. The Morgan fingerprint density at radius 2 is 1.79 bits per heavy atom. The Morgan fingerprint density at radius 1 is 1.26 bits per heavy atom. The first-order valence-corrected chi connectivity index (χ1v) is 6.03. The first-order chi connectivity index (χ1) is 8.86. The van der Waals surface area contributed by atoms with E-state index in [2.05, 4.69) is 5.32 Å². The zero-order valence-corrected chi connectivity index (χ0v) is 11.7. The lowest BCUT2D eigenvalue weighted by molar-refractivity contribution is -0.121. The molecule has 0 fully saturated rings. The summed E-state index contributed by atoms with van der Waals surface area (Å²) in [5.41, 5.74) is 8.63. The van der Waals surface area contributed by atoms with Crippen LogP contribution in [0.5, 0.6) is 0 Å². The van der Waals surface area contributed by atoms with Gasteiger partial charge in [-0.2, -0.15) is 0 Å². The quantitative estimate of drug-likeness (QED) is 0.827. The predicted molar refractivity (Wildman–Crippen MR) is 73.0 cm³/mol. The Bertz CT molecular complexity index is 474. The number of rotatable bonds is 5. The fourth-order valence-electron chi connectivity index (χ4n) is 2.13. The second-order valence-electron chi connectivity index (χ2n) is 4.66. The Labute approximate surface area is 113 Å². The summed E-state index contributed by atoms with van der Waals surface area (Å²) in [4.78, 5) is 23.4. The second-order valence-corrected chi connectivity index (χ2v) is 4.66. The third-order valence-corrected chi connectivity index (χ3v) is 2.89. The molecule has 19 heavy (non-hydrogen) atoms. The molecule has 1 rings (SSSR count). The van der Waals surface area contributed by atoms with Crippen molar-refractivity contribution in [3.63, 3.8) is 0 Å². The van der Waals surface area contributed by atoms with Gasteiger partial charge in [0.05, 0.1) is 6.61 Å². The van der Waals surface area contributed by atoms with Gasteiger partial charge in [0.2, 0.25) is 5.91 Å². The van der Waals surface area contributed by atoms with E-state index >= 15 is 0 Å². The maximum Gasteiger partial charge on any atom is 0.252 e. The highest BCUT2D eigenvalue weighted by Gasteiger charge is 2.20. The average Bonchev–Trinajstić information content (AvgIpc) is 2.26. The highest BCUT2D eigenvalue weighted by molar-refractivity contribution is 5.99. The summed E-state index contributed by atoms with van der Waals surface area (Å²) in [5.74, 6) is -0.923. The smallest absolute Gasteiger partial charge is 0.252 e. The van der Waals surface area contributed by atoms with E-state index in [9.17, 15) is 9.59 Å². The molecule has 2 amide bonds. The summed E-state index contributed by atoms with van der Waals surface area (Å²) in [5, 5.41) is 2.60. The van der Waals surface area contributed by atoms with Gasteiger partial charge in [-0.15, -0.1) is 0 Å². The van der Waals surface area contributed by atoms with E-state index in [1.807, 2.05) is 32.9 Å². The van der Waals surface area contributed by atoms with Crippen molar-refractivity contribution in [3.8, 4) is 0 Å². The monoisotopic (exact) mass is 264 g/mol. The van der Waals surface area contributed by atoms with E-state index in [-0.39, 0.29) is 12.5 Å². The molecule has 0 aliphatic carbocycles. The van der Waals surface area contributed by atoms with Crippen LogP contribution in [0.15, 0.2) is 12.1 Å². The average molecular weight is 264 g/mol. The first-order valence-electron chi connectivity index (χ1n) is 6.03. The molecule has 0 bridgehead atoms. The van der Waals surface area contributed by atoms with E-state index in [4.69, 9.17) is 10.5 Å². The molecule has 0 spiro atoms. The van der Waals surface area contributed by atoms with Gasteiger partial charge in [0.15, 0.2) is 0 Å². The molecule has 0 saturated heterocycles. The number of nitrogens with two attached hydrogens (primary N) is 1. The SMILES string of the molecule is COC[C@H](NC(=O)c1c(C)cc(C)cc1C)C(N)=O. The van der Waals surface area contributed by atoms with E-state index in [1.165, 1.54) is 7.11 Å². The fraction of sp³-hybridized carbons (Fsp3) is 0.429. The van der Waals surface area contributed by atoms with Crippen molar-refractivity contribution in [1.29, 1.82) is 0 Å². The summed E-state index contributed by atoms with van der Waals surface area (Å²) < 4.78 is 4.87. The van der Waals surface area contributed by atoms with Crippen molar-refractivity contribution in [3.05, 3.63) is 34.4 Å². The third-order valence-electron chi connectivity index (χ3n) is 2.89. The van der Waals surface area contributed by atoms with Crippen LogP contribution < -0.4 is 11.1 Å². The van der Waals surface area contributed by atoms with Crippen LogP contribution in [0.25, 0.3) is 0 Å². The molecule has 1 aromatic rings. The minimum absolute atomic E-state index is 0.0605. The lowest BCUT2D eigenvalue weighted by Crippen LogP contribution is -2.47. The van der Waals surface area contributed by atoms with Crippen molar-refractivity contribution < 1.29 is 14.3 Å². The summed E-state index contributed by atoms with van der Waals surface area (Å²) in [6.45, 7) is 5.76. The largest absolute Gasteiger partial charge is 0.382 e. The van der Waals surface area contributed by atoms with E-state index in [1.54, 1.807) is 0 Å². The standard InChI is InChI=1S/C14H20N2O3/c1-8-5-9(2)12(10(3)6-8)14(18)16-11(7-19-4)13(15)17/h5-6,11H,7H2,1-4H3,(H2,15,17)(H,16,18)/t11-/m0/s1. The van der Waals surface area contributed by atoms with Crippen LogP contribution in [0.3, 0.4) is 0 Å². The lowest BCUT2D eigenvalue weighted by atomic mass is 9.99. The Balaban J connectivity index is 2.98. The molecule has 0 saturated carbocycles. The molecule has 0 aliphatic heterocycles. The molecule has 0 aromatic heterocycles. The maximum atomic E-state index is 12.2. The number of aryl methyl sites for hydroxylation is 3.